The number of Topliss-reactive ketones (excluding diaryl/α,β-unsaturated/α-hetero) is 1. The second-order valence-electron chi connectivity index (χ2n) is 8.16. The second-order valence-corrected chi connectivity index (χ2v) is 8.16. The van der Waals surface area contributed by atoms with Gasteiger partial charge >= 0.3 is 0 Å². The summed E-state index contributed by atoms with van der Waals surface area (Å²) in [7, 11) is 0. The normalized spacial score (nSPS) is 42.3. The highest BCUT2D eigenvalue weighted by molar-refractivity contribution is 6.02. The summed E-state index contributed by atoms with van der Waals surface area (Å²) >= 11 is 0. The summed E-state index contributed by atoms with van der Waals surface area (Å²) in [5, 5.41) is 0. The molecule has 0 bridgehead atoms. The molecule has 4 aliphatic rings. The van der Waals surface area contributed by atoms with E-state index in [9.17, 15) is 4.79 Å². The first-order valence-electron chi connectivity index (χ1n) is 9.30. The molecule has 5 atom stereocenters. The Morgan fingerprint density at radius 2 is 2.17 bits per heavy atom. The Bertz CT molecular complexity index is 611. The summed E-state index contributed by atoms with van der Waals surface area (Å²) in [5.41, 5.74) is 2.27. The molecule has 2 nitrogen and oxygen atoms in total. The summed E-state index contributed by atoms with van der Waals surface area (Å²) in [6.07, 6.45) is 11.4. The molecule has 0 aromatic rings. The van der Waals surface area contributed by atoms with Crippen LogP contribution in [0.25, 0.3) is 0 Å². The molecule has 124 valence electrons. The average molecular weight is 312 g/mol. The van der Waals surface area contributed by atoms with Gasteiger partial charge in [-0.3, -0.25) is 4.79 Å². The number of hydrogen-bond acceptors (Lipinski definition) is 2. The molecule has 0 heterocycles. The number of hydrogen-bond donors (Lipinski definition) is 0. The van der Waals surface area contributed by atoms with Crippen LogP contribution in [-0.4, -0.2) is 12.4 Å². The summed E-state index contributed by atoms with van der Waals surface area (Å²) < 4.78 is 5.75. The molecule has 0 aliphatic heterocycles. The molecule has 0 aromatic heterocycles. The molecule has 0 radical (unpaired) electrons. The fourth-order valence-electron chi connectivity index (χ4n) is 5.97. The maximum absolute atomic E-state index is 12.6. The van der Waals surface area contributed by atoms with Crippen molar-refractivity contribution in [3.05, 3.63) is 35.6 Å². The quantitative estimate of drug-likeness (QED) is 0.683. The molecular weight excluding hydrogens is 284 g/mol. The van der Waals surface area contributed by atoms with Crippen molar-refractivity contribution >= 4 is 5.78 Å². The van der Waals surface area contributed by atoms with E-state index in [2.05, 4.69) is 32.6 Å². The van der Waals surface area contributed by atoms with Crippen molar-refractivity contribution in [3.63, 3.8) is 0 Å². The number of carbonyl (C=O) groups excluding carboxylic acids is 1. The first kappa shape index (κ1) is 15.2. The van der Waals surface area contributed by atoms with Crippen molar-refractivity contribution in [2.45, 2.75) is 52.4 Å². The number of ether oxygens (including phenoxy) is 1. The predicted octanol–water partition coefficient (Wildman–Crippen LogP) is 4.82. The van der Waals surface area contributed by atoms with Crippen LogP contribution in [0, 0.1) is 29.1 Å². The topological polar surface area (TPSA) is 26.3 Å². The van der Waals surface area contributed by atoms with Crippen LogP contribution < -0.4 is 0 Å². The van der Waals surface area contributed by atoms with Gasteiger partial charge in [-0.2, -0.15) is 0 Å². The lowest BCUT2D eigenvalue weighted by atomic mass is 9.53. The van der Waals surface area contributed by atoms with Gasteiger partial charge in [-0.05, 0) is 79.9 Å². The molecule has 3 unspecified atom stereocenters. The zero-order chi connectivity index (χ0) is 16.2. The standard InChI is InChI=1S/C21H28O2/c1-4-23-15-6-8-16-14(12-15)5-7-18-17(16)9-10-21(3)19(18)11-13(2)20(21)22/h5,12,16-19H,2,4,6-11H2,1,3H3/t16?,17?,18-,19?,21+/m1/s1. The minimum atomic E-state index is -0.120. The van der Waals surface area contributed by atoms with E-state index < -0.39 is 0 Å². The molecule has 23 heavy (non-hydrogen) atoms. The Hall–Kier alpha value is -1.31. The number of ketones is 1. The molecule has 0 N–H and O–H groups in total. The van der Waals surface area contributed by atoms with Crippen molar-refractivity contribution in [1.82, 2.24) is 0 Å². The molecule has 0 saturated heterocycles. The third-order valence-corrected chi connectivity index (χ3v) is 7.12. The first-order valence-corrected chi connectivity index (χ1v) is 9.30. The van der Waals surface area contributed by atoms with E-state index in [1.165, 1.54) is 24.2 Å². The van der Waals surface area contributed by atoms with Crippen LogP contribution in [0.15, 0.2) is 35.6 Å². The summed E-state index contributed by atoms with van der Waals surface area (Å²) in [5.74, 6) is 4.16. The van der Waals surface area contributed by atoms with Crippen LogP contribution >= 0.6 is 0 Å². The van der Waals surface area contributed by atoms with Gasteiger partial charge in [-0.15, -0.1) is 0 Å². The zero-order valence-corrected chi connectivity index (χ0v) is 14.4. The third kappa shape index (κ3) is 2.17. The highest BCUT2D eigenvalue weighted by atomic mass is 16.5. The van der Waals surface area contributed by atoms with E-state index in [4.69, 9.17) is 4.74 Å². The first-order chi connectivity index (χ1) is 11.0. The molecule has 0 aromatic carbocycles. The van der Waals surface area contributed by atoms with E-state index in [1.807, 2.05) is 0 Å². The number of fused-ring (bicyclic) bond motifs is 5. The van der Waals surface area contributed by atoms with Crippen LogP contribution in [0.5, 0.6) is 0 Å². The van der Waals surface area contributed by atoms with E-state index in [0.29, 0.717) is 23.5 Å². The molecule has 4 rings (SSSR count). The maximum atomic E-state index is 12.6. The number of rotatable bonds is 2. The van der Waals surface area contributed by atoms with Crippen molar-refractivity contribution in [1.29, 1.82) is 0 Å². The van der Waals surface area contributed by atoms with E-state index in [1.54, 1.807) is 0 Å². The monoisotopic (exact) mass is 312 g/mol. The Kier molecular flexibility index (Phi) is 3.55. The van der Waals surface area contributed by atoms with E-state index in [-0.39, 0.29) is 5.41 Å². The van der Waals surface area contributed by atoms with Gasteiger partial charge in [0.1, 0.15) is 0 Å². The smallest absolute Gasteiger partial charge is 0.164 e. The van der Waals surface area contributed by atoms with Crippen molar-refractivity contribution < 1.29 is 9.53 Å². The molecule has 0 spiro atoms. The molecule has 0 amide bonds. The third-order valence-electron chi connectivity index (χ3n) is 7.12. The highest BCUT2D eigenvalue weighted by Gasteiger charge is 2.56. The fraction of sp³-hybridized carbons (Fsp3) is 0.667. The predicted molar refractivity (Wildman–Crippen MR) is 91.7 cm³/mol. The fourth-order valence-corrected chi connectivity index (χ4v) is 5.97. The second kappa shape index (κ2) is 5.36. The van der Waals surface area contributed by atoms with Gasteiger partial charge in [-0.1, -0.05) is 19.6 Å². The minimum Gasteiger partial charge on any atom is -0.498 e. The van der Waals surface area contributed by atoms with Crippen LogP contribution in [0.2, 0.25) is 0 Å². The number of allylic oxidation sites excluding steroid dienone is 5. The Balaban J connectivity index is 1.63. The van der Waals surface area contributed by atoms with E-state index >= 15 is 0 Å². The van der Waals surface area contributed by atoms with Crippen molar-refractivity contribution in [2.24, 2.45) is 29.1 Å². The zero-order valence-electron chi connectivity index (χ0n) is 14.4. The van der Waals surface area contributed by atoms with Gasteiger partial charge < -0.3 is 4.74 Å². The van der Waals surface area contributed by atoms with E-state index in [0.717, 1.165) is 43.8 Å². The summed E-state index contributed by atoms with van der Waals surface area (Å²) in [6.45, 7) is 9.10. The SMILES string of the molecule is C=C1CC2[C@@H]3CC=C4C=C(OCC)CCC4C3CC[C@]2(C)C1=O. The van der Waals surface area contributed by atoms with Gasteiger partial charge in [0.2, 0.25) is 0 Å². The molecule has 4 aliphatic carbocycles. The lowest BCUT2D eigenvalue weighted by Gasteiger charge is -2.50. The Labute approximate surface area is 139 Å². The Morgan fingerprint density at radius 3 is 2.96 bits per heavy atom. The van der Waals surface area contributed by atoms with Crippen LogP contribution in [-0.2, 0) is 9.53 Å². The van der Waals surface area contributed by atoms with Gasteiger partial charge in [0.15, 0.2) is 5.78 Å². The van der Waals surface area contributed by atoms with Crippen LogP contribution in [0.4, 0.5) is 0 Å². The lowest BCUT2D eigenvalue weighted by Crippen LogP contribution is -2.45. The van der Waals surface area contributed by atoms with Crippen LogP contribution in [0.1, 0.15) is 52.4 Å². The van der Waals surface area contributed by atoms with Crippen LogP contribution in [0.3, 0.4) is 0 Å². The summed E-state index contributed by atoms with van der Waals surface area (Å²) in [6, 6.07) is 0. The number of carbonyl (C=O) groups is 1. The van der Waals surface area contributed by atoms with Gasteiger partial charge in [0.05, 0.1) is 12.4 Å². The minimum absolute atomic E-state index is 0.120. The average Bonchev–Trinajstić information content (AvgIpc) is 2.78. The molecular formula is C21H28O2. The van der Waals surface area contributed by atoms with Gasteiger partial charge in [0.25, 0.3) is 0 Å². The Morgan fingerprint density at radius 1 is 1.35 bits per heavy atom. The maximum Gasteiger partial charge on any atom is 0.164 e. The van der Waals surface area contributed by atoms with Gasteiger partial charge in [-0.25, -0.2) is 0 Å². The van der Waals surface area contributed by atoms with Crippen molar-refractivity contribution in [2.75, 3.05) is 6.61 Å². The van der Waals surface area contributed by atoms with Crippen molar-refractivity contribution in [3.8, 4) is 0 Å². The molecule has 2 heteroatoms. The summed E-state index contributed by atoms with van der Waals surface area (Å²) in [4.78, 5) is 12.6. The lowest BCUT2D eigenvalue weighted by molar-refractivity contribution is -0.128. The molecule has 2 saturated carbocycles. The molecule has 2 fully saturated rings. The highest BCUT2D eigenvalue weighted by Crippen LogP contribution is 2.60. The largest absolute Gasteiger partial charge is 0.498 e. The van der Waals surface area contributed by atoms with Gasteiger partial charge in [0, 0.05) is 11.8 Å².